The predicted octanol–water partition coefficient (Wildman–Crippen LogP) is 3.61. The lowest BCUT2D eigenvalue weighted by Gasteiger charge is -2.25. The highest BCUT2D eigenvalue weighted by molar-refractivity contribution is 7.18. The Balaban J connectivity index is 1.79. The molecule has 0 saturated heterocycles. The summed E-state index contributed by atoms with van der Waals surface area (Å²) >= 11 is 1.40. The number of carbonyl (C=O) groups is 1. The van der Waals surface area contributed by atoms with Gasteiger partial charge in [0.25, 0.3) is 5.56 Å². The molecule has 2 aromatic heterocycles. The van der Waals surface area contributed by atoms with Gasteiger partial charge in [0.2, 0.25) is 5.91 Å². The van der Waals surface area contributed by atoms with Gasteiger partial charge in [0, 0.05) is 18.3 Å². The van der Waals surface area contributed by atoms with E-state index in [2.05, 4.69) is 0 Å². The zero-order chi connectivity index (χ0) is 23.3. The largest absolute Gasteiger partial charge is 0.337 e. The molecule has 1 amide bonds. The van der Waals surface area contributed by atoms with Gasteiger partial charge in [0.1, 0.15) is 10.6 Å². The number of fused-ring (bicyclic) bond motifs is 3. The molecule has 0 atom stereocenters. The van der Waals surface area contributed by atoms with Gasteiger partial charge >= 0.3 is 5.69 Å². The summed E-state index contributed by atoms with van der Waals surface area (Å²) in [6, 6.07) is 13.2. The average molecular weight is 464 g/mol. The summed E-state index contributed by atoms with van der Waals surface area (Å²) in [7, 11) is 0. The molecule has 2 aromatic carbocycles. The van der Waals surface area contributed by atoms with Crippen molar-refractivity contribution in [1.29, 1.82) is 0 Å². The second-order valence-electron chi connectivity index (χ2n) is 8.35. The monoisotopic (exact) mass is 463 g/mol. The van der Waals surface area contributed by atoms with Crippen LogP contribution in [0.15, 0.2) is 58.1 Å². The summed E-state index contributed by atoms with van der Waals surface area (Å²) in [5, 5.41) is 0.509. The van der Waals surface area contributed by atoms with Gasteiger partial charge in [-0.1, -0.05) is 29.8 Å². The molecule has 8 heteroatoms. The maximum atomic E-state index is 13.6. The van der Waals surface area contributed by atoms with Crippen LogP contribution in [-0.2, 0) is 24.3 Å². The Kier molecular flexibility index (Phi) is 5.25. The second-order valence-corrected chi connectivity index (χ2v) is 9.43. The number of amides is 1. The predicted molar refractivity (Wildman–Crippen MR) is 127 cm³/mol. The Morgan fingerprint density at radius 2 is 1.88 bits per heavy atom. The van der Waals surface area contributed by atoms with Gasteiger partial charge in [0.05, 0.1) is 24.2 Å². The number of aromatic nitrogens is 2. The Morgan fingerprint density at radius 1 is 1.12 bits per heavy atom. The molecule has 6 nitrogen and oxygen atoms in total. The third kappa shape index (κ3) is 3.70. The van der Waals surface area contributed by atoms with E-state index in [4.69, 9.17) is 0 Å². The van der Waals surface area contributed by atoms with Crippen molar-refractivity contribution in [3.05, 3.63) is 96.8 Å². The fourth-order valence-electron chi connectivity index (χ4n) is 4.43. The van der Waals surface area contributed by atoms with E-state index in [1.807, 2.05) is 31.2 Å². The van der Waals surface area contributed by atoms with Crippen molar-refractivity contribution in [3.63, 3.8) is 0 Å². The van der Waals surface area contributed by atoms with Gasteiger partial charge < -0.3 is 4.90 Å². The fourth-order valence-corrected chi connectivity index (χ4v) is 5.77. The number of hydrogen-bond donors (Lipinski definition) is 0. The molecule has 3 heterocycles. The zero-order valence-electron chi connectivity index (χ0n) is 18.3. The van der Waals surface area contributed by atoms with Gasteiger partial charge in [-0.15, -0.1) is 11.3 Å². The highest BCUT2D eigenvalue weighted by Crippen LogP contribution is 2.33. The van der Waals surface area contributed by atoms with E-state index in [9.17, 15) is 18.8 Å². The quantitative estimate of drug-likeness (QED) is 0.466. The number of rotatable bonds is 3. The molecule has 0 unspecified atom stereocenters. The van der Waals surface area contributed by atoms with Gasteiger partial charge in [-0.05, 0) is 48.7 Å². The molecule has 0 fully saturated rings. The molecule has 0 bridgehead atoms. The van der Waals surface area contributed by atoms with Crippen molar-refractivity contribution < 1.29 is 9.18 Å². The van der Waals surface area contributed by atoms with Gasteiger partial charge in [0.15, 0.2) is 0 Å². The number of aryl methyl sites for hydroxylation is 1. The van der Waals surface area contributed by atoms with Crippen LogP contribution in [0.4, 0.5) is 4.39 Å². The summed E-state index contributed by atoms with van der Waals surface area (Å²) in [4.78, 5) is 42.5. The molecule has 0 N–H and O–H groups in total. The van der Waals surface area contributed by atoms with Crippen molar-refractivity contribution in [2.75, 3.05) is 6.54 Å². The van der Waals surface area contributed by atoms with Crippen LogP contribution in [0.5, 0.6) is 0 Å². The molecule has 0 spiro atoms. The van der Waals surface area contributed by atoms with Crippen LogP contribution in [0.3, 0.4) is 0 Å². The summed E-state index contributed by atoms with van der Waals surface area (Å²) in [6.07, 6.45) is 0.552. The summed E-state index contributed by atoms with van der Waals surface area (Å²) in [5.41, 5.74) is 2.36. The SMILES string of the molecule is CC(=O)N1CCc2c(sc3c2c(=O)n(-c2ccc(F)cc2)c(=O)n3Cc2cccc(C)c2)C1. The number of nitrogens with zero attached hydrogens (tertiary/aromatic N) is 3. The van der Waals surface area contributed by atoms with E-state index in [0.717, 1.165) is 26.1 Å². The first-order valence-corrected chi connectivity index (χ1v) is 11.5. The summed E-state index contributed by atoms with van der Waals surface area (Å²) < 4.78 is 16.3. The molecule has 33 heavy (non-hydrogen) atoms. The van der Waals surface area contributed by atoms with Crippen LogP contribution in [0.2, 0.25) is 0 Å². The highest BCUT2D eigenvalue weighted by atomic mass is 32.1. The molecular weight excluding hydrogens is 441 g/mol. The minimum Gasteiger partial charge on any atom is -0.337 e. The number of carbonyl (C=O) groups excluding carboxylic acids is 1. The van der Waals surface area contributed by atoms with Crippen LogP contribution >= 0.6 is 11.3 Å². The first-order chi connectivity index (χ1) is 15.8. The Labute approximate surface area is 193 Å². The Bertz CT molecular complexity index is 1520. The van der Waals surface area contributed by atoms with Crippen LogP contribution in [0, 0.1) is 12.7 Å². The number of thiophene rings is 1. The molecule has 1 aliphatic heterocycles. The molecule has 0 aliphatic carbocycles. The van der Waals surface area contributed by atoms with Gasteiger partial charge in [-0.25, -0.2) is 13.8 Å². The first-order valence-electron chi connectivity index (χ1n) is 10.7. The molecule has 1 aliphatic rings. The lowest BCUT2D eigenvalue weighted by Crippen LogP contribution is -2.39. The highest BCUT2D eigenvalue weighted by Gasteiger charge is 2.27. The molecule has 0 radical (unpaired) electrons. The first kappa shape index (κ1) is 21.3. The number of halogens is 1. The lowest BCUT2D eigenvalue weighted by atomic mass is 10.1. The van der Waals surface area contributed by atoms with Crippen LogP contribution in [0.25, 0.3) is 15.9 Å². The third-order valence-electron chi connectivity index (χ3n) is 6.08. The Hall–Kier alpha value is -3.52. The van der Waals surface area contributed by atoms with Crippen molar-refractivity contribution in [1.82, 2.24) is 14.0 Å². The topological polar surface area (TPSA) is 64.3 Å². The average Bonchev–Trinajstić information content (AvgIpc) is 3.17. The molecular formula is C25H22FN3O3S. The van der Waals surface area contributed by atoms with E-state index in [0.29, 0.717) is 42.0 Å². The zero-order valence-corrected chi connectivity index (χ0v) is 19.1. The van der Waals surface area contributed by atoms with Gasteiger partial charge in [-0.2, -0.15) is 0 Å². The minimum absolute atomic E-state index is 0.0148. The summed E-state index contributed by atoms with van der Waals surface area (Å²) in [6.45, 7) is 4.78. The maximum Gasteiger partial charge on any atom is 0.337 e. The van der Waals surface area contributed by atoms with E-state index < -0.39 is 17.1 Å². The fraction of sp³-hybridized carbons (Fsp3) is 0.240. The standard InChI is InChI=1S/C25H22FN3O3S/c1-15-4-3-5-17(12-15)13-28-24-22(20-10-11-27(16(2)30)14-21(20)33-24)23(31)29(25(28)32)19-8-6-18(26)7-9-19/h3-9,12H,10-11,13-14H2,1-2H3. The normalized spacial score (nSPS) is 13.4. The molecule has 168 valence electrons. The van der Waals surface area contributed by atoms with E-state index >= 15 is 0 Å². The van der Waals surface area contributed by atoms with Crippen LogP contribution < -0.4 is 11.2 Å². The van der Waals surface area contributed by atoms with Crippen molar-refractivity contribution in [2.24, 2.45) is 0 Å². The smallest absolute Gasteiger partial charge is 0.337 e. The van der Waals surface area contributed by atoms with Crippen molar-refractivity contribution in [3.8, 4) is 5.69 Å². The van der Waals surface area contributed by atoms with E-state index in [1.54, 1.807) is 9.47 Å². The third-order valence-corrected chi connectivity index (χ3v) is 7.32. The molecule has 0 saturated carbocycles. The second kappa shape index (κ2) is 8.12. The summed E-state index contributed by atoms with van der Waals surface area (Å²) in [5.74, 6) is -0.454. The minimum atomic E-state index is -0.470. The van der Waals surface area contributed by atoms with Crippen LogP contribution in [-0.4, -0.2) is 26.5 Å². The van der Waals surface area contributed by atoms with Crippen molar-refractivity contribution >= 4 is 27.5 Å². The van der Waals surface area contributed by atoms with Crippen LogP contribution in [0.1, 0.15) is 28.5 Å². The van der Waals surface area contributed by atoms with Gasteiger partial charge in [-0.3, -0.25) is 14.2 Å². The van der Waals surface area contributed by atoms with E-state index in [1.165, 1.54) is 42.5 Å². The lowest BCUT2D eigenvalue weighted by molar-refractivity contribution is -0.129. The van der Waals surface area contributed by atoms with E-state index in [-0.39, 0.29) is 5.91 Å². The molecule has 4 aromatic rings. The maximum absolute atomic E-state index is 13.6. The Morgan fingerprint density at radius 3 is 2.58 bits per heavy atom. The van der Waals surface area contributed by atoms with Crippen molar-refractivity contribution in [2.45, 2.75) is 33.4 Å². The number of benzene rings is 2. The number of hydrogen-bond acceptors (Lipinski definition) is 4. The molecule has 5 rings (SSSR count).